The molecule has 0 saturated heterocycles. The van der Waals surface area contributed by atoms with E-state index in [2.05, 4.69) is 19.2 Å². The minimum absolute atomic E-state index is 0.0276. The van der Waals surface area contributed by atoms with Crippen LogP contribution in [0, 0.1) is 5.92 Å². The van der Waals surface area contributed by atoms with Gasteiger partial charge in [-0.2, -0.15) is 0 Å². The Morgan fingerprint density at radius 1 is 1.17 bits per heavy atom. The second kappa shape index (κ2) is 7.36. The summed E-state index contributed by atoms with van der Waals surface area (Å²) in [6.45, 7) is 4.13. The maximum Gasteiger partial charge on any atom is 0.335 e. The van der Waals surface area contributed by atoms with Crippen LogP contribution in [-0.2, 0) is 6.42 Å². The van der Waals surface area contributed by atoms with Crippen LogP contribution in [-0.4, -0.2) is 22.1 Å². The third kappa shape index (κ3) is 4.26. The molecule has 0 bridgehead atoms. The smallest absolute Gasteiger partial charge is 0.335 e. The molecule has 0 radical (unpaired) electrons. The molecular weight excluding hydrogens is 330 g/mol. The number of amides is 1. The molecule has 2 aromatic carbocycles. The Bertz CT molecular complexity index is 787. The fraction of sp³-hybridized carbons (Fsp3) is 0.222. The Balaban J connectivity index is 2.25. The Kier molecular flexibility index (Phi) is 5.46. The first-order valence-electron chi connectivity index (χ1n) is 7.44. The molecule has 6 heteroatoms. The van der Waals surface area contributed by atoms with Gasteiger partial charge < -0.3 is 15.5 Å². The van der Waals surface area contributed by atoms with Crippen LogP contribution >= 0.6 is 11.6 Å². The normalized spacial score (nSPS) is 10.7. The number of aromatic carboxylic acids is 1. The van der Waals surface area contributed by atoms with Crippen molar-refractivity contribution in [1.82, 2.24) is 0 Å². The fourth-order valence-corrected chi connectivity index (χ4v) is 2.53. The number of carbonyl (C=O) groups is 2. The average molecular weight is 348 g/mol. The quantitative estimate of drug-likeness (QED) is 0.756. The standard InChI is InChI=1S/C18H18ClNO4/c1-10(2)7-11-3-6-16(21)13(8-11)17(22)20-15-5-4-12(18(23)24)9-14(15)19/h3-6,8-10,21H,7H2,1-2H3,(H,20,22)(H,23,24). The van der Waals surface area contributed by atoms with Gasteiger partial charge in [-0.1, -0.05) is 31.5 Å². The van der Waals surface area contributed by atoms with Gasteiger partial charge in [-0.15, -0.1) is 0 Å². The second-order valence-corrected chi connectivity index (χ2v) is 6.31. The van der Waals surface area contributed by atoms with Crippen molar-refractivity contribution in [2.75, 3.05) is 5.32 Å². The van der Waals surface area contributed by atoms with Gasteiger partial charge in [0.1, 0.15) is 5.75 Å². The minimum Gasteiger partial charge on any atom is -0.507 e. The van der Waals surface area contributed by atoms with Crippen LogP contribution < -0.4 is 5.32 Å². The van der Waals surface area contributed by atoms with Gasteiger partial charge in [0.15, 0.2) is 0 Å². The molecule has 24 heavy (non-hydrogen) atoms. The molecule has 2 aromatic rings. The molecule has 0 unspecified atom stereocenters. The lowest BCUT2D eigenvalue weighted by Crippen LogP contribution is -2.13. The molecule has 2 rings (SSSR count). The van der Waals surface area contributed by atoms with Crippen molar-refractivity contribution in [3.63, 3.8) is 0 Å². The number of hydrogen-bond donors (Lipinski definition) is 3. The Morgan fingerprint density at radius 3 is 2.46 bits per heavy atom. The van der Waals surface area contributed by atoms with Gasteiger partial charge in [-0.3, -0.25) is 4.79 Å². The Hall–Kier alpha value is -2.53. The van der Waals surface area contributed by atoms with Crippen LogP contribution in [0.2, 0.25) is 5.02 Å². The van der Waals surface area contributed by atoms with Gasteiger partial charge >= 0.3 is 5.97 Å². The van der Waals surface area contributed by atoms with E-state index in [1.807, 2.05) is 0 Å². The highest BCUT2D eigenvalue weighted by molar-refractivity contribution is 6.34. The molecule has 0 saturated carbocycles. The molecule has 5 nitrogen and oxygen atoms in total. The number of carbonyl (C=O) groups excluding carboxylic acids is 1. The largest absolute Gasteiger partial charge is 0.507 e. The zero-order valence-corrected chi connectivity index (χ0v) is 14.1. The van der Waals surface area contributed by atoms with Crippen molar-refractivity contribution in [3.05, 3.63) is 58.1 Å². The summed E-state index contributed by atoms with van der Waals surface area (Å²) in [6.07, 6.45) is 0.786. The van der Waals surface area contributed by atoms with Crippen LogP contribution in [0.25, 0.3) is 0 Å². The van der Waals surface area contributed by atoms with Crippen LogP contribution in [0.15, 0.2) is 36.4 Å². The molecule has 0 spiro atoms. The maximum absolute atomic E-state index is 12.4. The first-order chi connectivity index (χ1) is 11.3. The van der Waals surface area contributed by atoms with E-state index in [0.29, 0.717) is 5.92 Å². The van der Waals surface area contributed by atoms with Gasteiger partial charge in [-0.25, -0.2) is 4.79 Å². The summed E-state index contributed by atoms with van der Waals surface area (Å²) in [4.78, 5) is 23.3. The van der Waals surface area contributed by atoms with Crippen molar-refractivity contribution in [1.29, 1.82) is 0 Å². The minimum atomic E-state index is -1.10. The summed E-state index contributed by atoms with van der Waals surface area (Å²) >= 11 is 6.00. The zero-order valence-electron chi connectivity index (χ0n) is 13.3. The topological polar surface area (TPSA) is 86.6 Å². The molecule has 0 aliphatic carbocycles. The van der Waals surface area contributed by atoms with Gasteiger partial charge in [0, 0.05) is 0 Å². The van der Waals surface area contributed by atoms with Gasteiger partial charge in [0.05, 0.1) is 21.8 Å². The monoisotopic (exact) mass is 347 g/mol. The fourth-order valence-electron chi connectivity index (χ4n) is 2.30. The zero-order chi connectivity index (χ0) is 17.9. The lowest BCUT2D eigenvalue weighted by molar-refractivity contribution is 0.0696. The summed E-state index contributed by atoms with van der Waals surface area (Å²) in [7, 11) is 0. The van der Waals surface area contributed by atoms with Crippen molar-refractivity contribution in [2.24, 2.45) is 5.92 Å². The number of halogens is 1. The van der Waals surface area contributed by atoms with E-state index in [4.69, 9.17) is 16.7 Å². The number of phenolic OH excluding ortho intramolecular Hbond substituents is 1. The van der Waals surface area contributed by atoms with E-state index < -0.39 is 11.9 Å². The average Bonchev–Trinajstić information content (AvgIpc) is 2.50. The van der Waals surface area contributed by atoms with Crippen molar-refractivity contribution >= 4 is 29.2 Å². The van der Waals surface area contributed by atoms with E-state index in [1.165, 1.54) is 24.3 Å². The molecule has 0 atom stereocenters. The number of anilines is 1. The van der Waals surface area contributed by atoms with Crippen LogP contribution in [0.3, 0.4) is 0 Å². The number of aromatic hydroxyl groups is 1. The van der Waals surface area contributed by atoms with E-state index in [9.17, 15) is 14.7 Å². The Labute approximate surface area is 144 Å². The first-order valence-corrected chi connectivity index (χ1v) is 7.81. The highest BCUT2D eigenvalue weighted by atomic mass is 35.5. The van der Waals surface area contributed by atoms with Gasteiger partial charge in [0.25, 0.3) is 5.91 Å². The highest BCUT2D eigenvalue weighted by Gasteiger charge is 2.15. The van der Waals surface area contributed by atoms with Crippen molar-refractivity contribution < 1.29 is 19.8 Å². The number of hydrogen-bond acceptors (Lipinski definition) is 3. The number of rotatable bonds is 5. The predicted octanol–water partition coefficient (Wildman–Crippen LogP) is 4.19. The van der Waals surface area contributed by atoms with Gasteiger partial charge in [0.2, 0.25) is 0 Å². The van der Waals surface area contributed by atoms with E-state index in [1.54, 1.807) is 12.1 Å². The predicted molar refractivity (Wildman–Crippen MR) is 93.0 cm³/mol. The second-order valence-electron chi connectivity index (χ2n) is 5.90. The third-order valence-corrected chi connectivity index (χ3v) is 3.73. The molecule has 3 N–H and O–H groups in total. The number of carboxylic acids is 1. The van der Waals surface area contributed by atoms with E-state index in [-0.39, 0.29) is 27.6 Å². The van der Waals surface area contributed by atoms with Crippen molar-refractivity contribution in [3.8, 4) is 5.75 Å². The third-order valence-electron chi connectivity index (χ3n) is 3.41. The number of carboxylic acid groups (broad SMARTS) is 1. The lowest BCUT2D eigenvalue weighted by Gasteiger charge is -2.11. The summed E-state index contributed by atoms with van der Waals surface area (Å²) in [6, 6.07) is 8.93. The van der Waals surface area contributed by atoms with Crippen LogP contribution in [0.1, 0.15) is 40.1 Å². The number of nitrogens with one attached hydrogen (secondary N) is 1. The number of benzene rings is 2. The molecule has 0 heterocycles. The summed E-state index contributed by atoms with van der Waals surface area (Å²) in [5.74, 6) is -1.32. The molecule has 0 aromatic heterocycles. The highest BCUT2D eigenvalue weighted by Crippen LogP contribution is 2.26. The van der Waals surface area contributed by atoms with E-state index in [0.717, 1.165) is 12.0 Å². The lowest BCUT2D eigenvalue weighted by atomic mass is 10.00. The van der Waals surface area contributed by atoms with Crippen LogP contribution in [0.4, 0.5) is 5.69 Å². The van der Waals surface area contributed by atoms with Crippen molar-refractivity contribution in [2.45, 2.75) is 20.3 Å². The molecule has 1 amide bonds. The summed E-state index contributed by atoms with van der Waals surface area (Å²) in [5, 5.41) is 21.6. The molecule has 126 valence electrons. The maximum atomic E-state index is 12.4. The molecule has 0 fully saturated rings. The van der Waals surface area contributed by atoms with E-state index >= 15 is 0 Å². The SMILES string of the molecule is CC(C)Cc1ccc(O)c(C(=O)Nc2ccc(C(=O)O)cc2Cl)c1. The first kappa shape index (κ1) is 17.8. The van der Waals surface area contributed by atoms with Gasteiger partial charge in [-0.05, 0) is 48.2 Å². The number of phenols is 1. The Morgan fingerprint density at radius 2 is 1.88 bits per heavy atom. The molecule has 0 aliphatic heterocycles. The summed E-state index contributed by atoms with van der Waals surface area (Å²) in [5.41, 5.74) is 1.40. The summed E-state index contributed by atoms with van der Waals surface area (Å²) < 4.78 is 0. The molecule has 0 aliphatic rings. The van der Waals surface area contributed by atoms with Crippen LogP contribution in [0.5, 0.6) is 5.75 Å². The molecular formula is C18H18ClNO4.